The minimum absolute atomic E-state index is 0.00984. The SMILES string of the molecule is C[C@H]1CN(c2cc(C(=O)[C@@H]3CCC[C@@]4(CCCCC45OCCO5)C3=N)nc(Cl)n2)C[C@H](C)N1C(=O)OC(C)(C)C. The van der Waals surface area contributed by atoms with E-state index in [9.17, 15) is 15.0 Å². The van der Waals surface area contributed by atoms with E-state index in [1.165, 1.54) is 0 Å². The van der Waals surface area contributed by atoms with Crippen LogP contribution in [0.5, 0.6) is 0 Å². The number of anilines is 1. The molecule has 2 saturated heterocycles. The largest absolute Gasteiger partial charge is 0.444 e. The second-order valence-corrected chi connectivity index (χ2v) is 13.2. The van der Waals surface area contributed by atoms with E-state index in [2.05, 4.69) is 9.97 Å². The van der Waals surface area contributed by atoms with Gasteiger partial charge < -0.3 is 24.5 Å². The van der Waals surface area contributed by atoms with Gasteiger partial charge in [0.05, 0.1) is 36.6 Å². The van der Waals surface area contributed by atoms with Crippen LogP contribution in [0.4, 0.5) is 10.6 Å². The molecule has 4 aliphatic rings. The van der Waals surface area contributed by atoms with Gasteiger partial charge in [0.1, 0.15) is 17.1 Å². The fraction of sp³-hybridized carbons (Fsp3) is 0.759. The molecule has 0 radical (unpaired) electrons. The molecule has 1 aromatic rings. The van der Waals surface area contributed by atoms with Crippen molar-refractivity contribution in [3.8, 4) is 0 Å². The van der Waals surface area contributed by atoms with Gasteiger partial charge in [0.25, 0.3) is 0 Å². The summed E-state index contributed by atoms with van der Waals surface area (Å²) < 4.78 is 18.0. The first-order chi connectivity index (χ1) is 18.9. The van der Waals surface area contributed by atoms with Crippen LogP contribution in [0.2, 0.25) is 5.28 Å². The quantitative estimate of drug-likeness (QED) is 0.382. The van der Waals surface area contributed by atoms with Gasteiger partial charge in [-0.25, -0.2) is 14.8 Å². The Morgan fingerprint density at radius 3 is 2.33 bits per heavy atom. The molecule has 220 valence electrons. The van der Waals surface area contributed by atoms with Gasteiger partial charge in [-0.1, -0.05) is 12.8 Å². The highest BCUT2D eigenvalue weighted by Gasteiger charge is 2.61. The molecule has 0 bridgehead atoms. The zero-order valence-corrected chi connectivity index (χ0v) is 25.1. The van der Waals surface area contributed by atoms with Gasteiger partial charge in [-0.2, -0.15) is 0 Å². The van der Waals surface area contributed by atoms with Crippen LogP contribution in [-0.2, 0) is 14.2 Å². The number of piperazine rings is 1. The monoisotopic (exact) mass is 575 g/mol. The number of amides is 1. The number of nitrogens with zero attached hydrogens (tertiary/aromatic N) is 4. The standard InChI is InChI=1S/C29H42ClN5O5/c1-18-16-34(17-19(2)35(18)26(37)40-27(3,4)5)22-15-21(32-25(30)33-22)23(36)20-9-8-11-28(24(20)31)10-6-7-12-29(28)38-13-14-39-29/h15,18-20,31H,6-14,16-17H2,1-5H3/t18-,19-,20-,28-/m0/s1. The van der Waals surface area contributed by atoms with Crippen LogP contribution in [0, 0.1) is 16.7 Å². The molecule has 0 aromatic carbocycles. The molecular formula is C29H42ClN5O5. The maximum absolute atomic E-state index is 14.0. The van der Waals surface area contributed by atoms with Crippen molar-refractivity contribution in [2.75, 3.05) is 31.2 Å². The predicted molar refractivity (Wildman–Crippen MR) is 151 cm³/mol. The van der Waals surface area contributed by atoms with Crippen molar-refractivity contribution in [2.45, 2.75) is 103 Å². The number of rotatable bonds is 3. The molecule has 1 N–H and O–H groups in total. The third-order valence-electron chi connectivity index (χ3n) is 8.90. The summed E-state index contributed by atoms with van der Waals surface area (Å²) in [6, 6.07) is 1.39. The Morgan fingerprint density at radius 2 is 1.68 bits per heavy atom. The predicted octanol–water partition coefficient (Wildman–Crippen LogP) is 5.27. The zero-order valence-electron chi connectivity index (χ0n) is 24.3. The first kappa shape index (κ1) is 29.2. The normalized spacial score (nSPS) is 30.6. The number of ether oxygens (including phenoxy) is 3. The number of carbonyl (C=O) groups excluding carboxylic acids is 2. The fourth-order valence-corrected chi connectivity index (χ4v) is 7.46. The van der Waals surface area contributed by atoms with E-state index in [0.29, 0.717) is 44.3 Å². The Balaban J connectivity index is 1.36. The minimum Gasteiger partial charge on any atom is -0.444 e. The average Bonchev–Trinajstić information content (AvgIpc) is 3.34. The summed E-state index contributed by atoms with van der Waals surface area (Å²) in [6.07, 6.45) is 5.40. The smallest absolute Gasteiger partial charge is 0.410 e. The van der Waals surface area contributed by atoms with Gasteiger partial charge in [0.2, 0.25) is 5.28 Å². The molecule has 5 rings (SSSR count). The molecule has 1 aromatic heterocycles. The van der Waals surface area contributed by atoms with Gasteiger partial charge in [0, 0.05) is 31.3 Å². The molecule has 4 fully saturated rings. The number of Topliss-reactive ketones (excluding diaryl/α,β-unsaturated/α-hetero) is 1. The van der Waals surface area contributed by atoms with Crippen LogP contribution in [0.1, 0.15) is 90.1 Å². The van der Waals surface area contributed by atoms with E-state index >= 15 is 0 Å². The average molecular weight is 576 g/mol. The number of fused-ring (bicyclic) bond motifs is 1. The van der Waals surface area contributed by atoms with Crippen molar-refractivity contribution in [3.63, 3.8) is 0 Å². The number of aromatic nitrogens is 2. The molecule has 2 saturated carbocycles. The number of hydrogen-bond acceptors (Lipinski definition) is 9. The van der Waals surface area contributed by atoms with Gasteiger partial charge in [-0.3, -0.25) is 9.69 Å². The maximum atomic E-state index is 14.0. The number of carbonyl (C=O) groups is 2. The summed E-state index contributed by atoms with van der Waals surface area (Å²) in [6.45, 7) is 11.6. The molecule has 2 aliphatic heterocycles. The van der Waals surface area contributed by atoms with Crippen molar-refractivity contribution < 1.29 is 23.8 Å². The van der Waals surface area contributed by atoms with Crippen molar-refractivity contribution in [1.29, 1.82) is 5.41 Å². The maximum Gasteiger partial charge on any atom is 0.410 e. The second-order valence-electron chi connectivity index (χ2n) is 12.8. The number of hydrogen-bond donors (Lipinski definition) is 1. The number of ketones is 1. The molecule has 11 heteroatoms. The fourth-order valence-electron chi connectivity index (χ4n) is 7.28. The molecule has 0 unspecified atom stereocenters. The zero-order chi connectivity index (χ0) is 28.9. The van der Waals surface area contributed by atoms with E-state index in [1.807, 2.05) is 39.5 Å². The molecular weight excluding hydrogens is 534 g/mol. The summed E-state index contributed by atoms with van der Waals surface area (Å²) >= 11 is 6.37. The molecule has 3 heterocycles. The van der Waals surface area contributed by atoms with Crippen LogP contribution in [0.3, 0.4) is 0 Å². The van der Waals surface area contributed by atoms with E-state index < -0.39 is 22.7 Å². The third kappa shape index (κ3) is 5.23. The lowest BCUT2D eigenvalue weighted by Crippen LogP contribution is -2.60. The van der Waals surface area contributed by atoms with Crippen molar-refractivity contribution in [3.05, 3.63) is 17.0 Å². The Bertz CT molecular complexity index is 1150. The topological polar surface area (TPSA) is 118 Å². The van der Waals surface area contributed by atoms with Crippen molar-refractivity contribution in [1.82, 2.24) is 14.9 Å². The van der Waals surface area contributed by atoms with Crippen LogP contribution < -0.4 is 4.90 Å². The van der Waals surface area contributed by atoms with E-state index in [0.717, 1.165) is 38.5 Å². The summed E-state index contributed by atoms with van der Waals surface area (Å²) in [5, 5.41) is 9.31. The molecule has 2 spiro atoms. The number of halogens is 1. The third-order valence-corrected chi connectivity index (χ3v) is 9.07. The Kier molecular flexibility index (Phi) is 7.91. The minimum atomic E-state index is -0.796. The lowest BCUT2D eigenvalue weighted by molar-refractivity contribution is -0.238. The molecule has 1 amide bonds. The Morgan fingerprint density at radius 1 is 1.05 bits per heavy atom. The van der Waals surface area contributed by atoms with Crippen LogP contribution in [-0.4, -0.2) is 82.2 Å². The van der Waals surface area contributed by atoms with Crippen LogP contribution in [0.25, 0.3) is 0 Å². The highest BCUT2D eigenvalue weighted by Crippen LogP contribution is 2.56. The van der Waals surface area contributed by atoms with Gasteiger partial charge in [0.15, 0.2) is 11.6 Å². The van der Waals surface area contributed by atoms with Crippen LogP contribution >= 0.6 is 11.6 Å². The van der Waals surface area contributed by atoms with E-state index in [4.69, 9.17) is 25.8 Å². The highest BCUT2D eigenvalue weighted by atomic mass is 35.5. The highest BCUT2D eigenvalue weighted by molar-refractivity contribution is 6.28. The summed E-state index contributed by atoms with van der Waals surface area (Å²) in [7, 11) is 0. The Hall–Kier alpha value is -2.30. The summed E-state index contributed by atoms with van der Waals surface area (Å²) in [5.41, 5.74) is -0.533. The first-order valence-corrected chi connectivity index (χ1v) is 15.0. The second kappa shape index (κ2) is 10.8. The van der Waals surface area contributed by atoms with Crippen molar-refractivity contribution in [2.24, 2.45) is 11.3 Å². The number of nitrogens with one attached hydrogen (secondary N) is 1. The lowest BCUT2D eigenvalue weighted by atomic mass is 9.57. The Labute approximate surface area is 241 Å². The molecule has 10 nitrogen and oxygen atoms in total. The van der Waals surface area contributed by atoms with Gasteiger partial charge >= 0.3 is 6.09 Å². The van der Waals surface area contributed by atoms with E-state index in [1.54, 1.807) is 11.0 Å². The van der Waals surface area contributed by atoms with E-state index in [-0.39, 0.29) is 34.9 Å². The molecule has 2 aliphatic carbocycles. The first-order valence-electron chi connectivity index (χ1n) is 14.6. The molecule has 40 heavy (non-hydrogen) atoms. The molecule has 4 atom stereocenters. The van der Waals surface area contributed by atoms with Crippen LogP contribution in [0.15, 0.2) is 6.07 Å². The van der Waals surface area contributed by atoms with Crippen molar-refractivity contribution >= 4 is 35.0 Å². The van der Waals surface area contributed by atoms with Gasteiger partial charge in [-0.15, -0.1) is 0 Å². The summed E-state index contributed by atoms with van der Waals surface area (Å²) in [4.78, 5) is 39.4. The van der Waals surface area contributed by atoms with Gasteiger partial charge in [-0.05, 0) is 71.9 Å². The lowest BCUT2D eigenvalue weighted by Gasteiger charge is -2.53. The summed E-state index contributed by atoms with van der Waals surface area (Å²) in [5.74, 6) is -1.06.